The number of rotatable bonds is 7. The smallest absolute Gasteiger partial charge is 0.253 e. The Balaban J connectivity index is 2.11. The fourth-order valence-corrected chi connectivity index (χ4v) is 3.88. The van der Waals surface area contributed by atoms with Gasteiger partial charge in [-0.2, -0.15) is 0 Å². The first-order chi connectivity index (χ1) is 11.8. The van der Waals surface area contributed by atoms with Gasteiger partial charge in [-0.25, -0.2) is 8.42 Å². The van der Waals surface area contributed by atoms with Crippen LogP contribution >= 0.6 is 0 Å². The van der Waals surface area contributed by atoms with Gasteiger partial charge in [0.1, 0.15) is 0 Å². The minimum Gasteiger partial charge on any atom is -0.348 e. The molecular weight excluding hydrogens is 336 g/mol. The Morgan fingerprint density at radius 3 is 2.32 bits per heavy atom. The molecule has 0 fully saturated rings. The van der Waals surface area contributed by atoms with Crippen molar-refractivity contribution >= 4 is 21.6 Å². The molecule has 134 valence electrons. The number of para-hydroxylation sites is 1. The van der Waals surface area contributed by atoms with Crippen LogP contribution in [-0.4, -0.2) is 20.1 Å². The third-order valence-electron chi connectivity index (χ3n) is 3.56. The van der Waals surface area contributed by atoms with E-state index in [0.717, 1.165) is 11.1 Å². The lowest BCUT2D eigenvalue weighted by molar-refractivity contribution is 0.0952. The summed E-state index contributed by atoms with van der Waals surface area (Å²) in [7, 11) is -3.49. The molecule has 0 spiro atoms. The van der Waals surface area contributed by atoms with E-state index in [-0.39, 0.29) is 17.6 Å². The molecule has 0 aliphatic rings. The van der Waals surface area contributed by atoms with Crippen LogP contribution in [0.15, 0.2) is 48.5 Å². The molecular formula is C19H24N2O3S. The monoisotopic (exact) mass is 360 g/mol. The molecule has 0 saturated heterocycles. The normalized spacial score (nSPS) is 11.4. The van der Waals surface area contributed by atoms with Crippen LogP contribution in [0.25, 0.3) is 0 Å². The maximum atomic E-state index is 12.5. The Morgan fingerprint density at radius 1 is 1.04 bits per heavy atom. The van der Waals surface area contributed by atoms with Crippen molar-refractivity contribution < 1.29 is 13.2 Å². The van der Waals surface area contributed by atoms with E-state index in [9.17, 15) is 13.2 Å². The van der Waals surface area contributed by atoms with Crippen molar-refractivity contribution in [1.82, 2.24) is 5.32 Å². The molecule has 0 aliphatic heterocycles. The predicted octanol–water partition coefficient (Wildman–Crippen LogP) is 3.32. The second-order valence-corrected chi connectivity index (χ2v) is 8.26. The SMILES string of the molecule is Cc1ccc(CNC(=O)c2ccccc2NS(=O)(=O)CC(C)C)cc1. The number of amides is 1. The average Bonchev–Trinajstić information content (AvgIpc) is 2.53. The molecule has 2 N–H and O–H groups in total. The van der Waals surface area contributed by atoms with Gasteiger partial charge < -0.3 is 5.32 Å². The van der Waals surface area contributed by atoms with Crippen LogP contribution in [-0.2, 0) is 16.6 Å². The molecule has 2 aromatic carbocycles. The van der Waals surface area contributed by atoms with Crippen LogP contribution in [0.1, 0.15) is 35.3 Å². The third kappa shape index (κ3) is 5.90. The summed E-state index contributed by atoms with van der Waals surface area (Å²) in [5, 5.41) is 2.83. The van der Waals surface area contributed by atoms with Crippen molar-refractivity contribution in [2.45, 2.75) is 27.3 Å². The summed E-state index contributed by atoms with van der Waals surface area (Å²) in [6.45, 7) is 6.05. The largest absolute Gasteiger partial charge is 0.348 e. The maximum absolute atomic E-state index is 12.5. The van der Waals surface area contributed by atoms with E-state index in [1.54, 1.807) is 24.3 Å². The van der Waals surface area contributed by atoms with Crippen molar-refractivity contribution in [3.63, 3.8) is 0 Å². The Morgan fingerprint density at radius 2 is 1.68 bits per heavy atom. The number of aryl methyl sites for hydroxylation is 1. The van der Waals surface area contributed by atoms with E-state index in [1.807, 2.05) is 45.0 Å². The number of carbonyl (C=O) groups excluding carboxylic acids is 1. The highest BCUT2D eigenvalue weighted by Crippen LogP contribution is 2.18. The summed E-state index contributed by atoms with van der Waals surface area (Å²) >= 11 is 0. The number of hydrogen-bond donors (Lipinski definition) is 2. The molecule has 6 heteroatoms. The van der Waals surface area contributed by atoms with Crippen LogP contribution in [0.5, 0.6) is 0 Å². The van der Waals surface area contributed by atoms with Gasteiger partial charge in [-0.15, -0.1) is 0 Å². The van der Waals surface area contributed by atoms with Gasteiger partial charge in [0.2, 0.25) is 10.0 Å². The van der Waals surface area contributed by atoms with Gasteiger partial charge in [-0.05, 0) is 30.5 Å². The highest BCUT2D eigenvalue weighted by Gasteiger charge is 2.17. The molecule has 0 saturated carbocycles. The Hall–Kier alpha value is -2.34. The summed E-state index contributed by atoms with van der Waals surface area (Å²) in [5.74, 6) is -0.310. The number of nitrogens with one attached hydrogen (secondary N) is 2. The molecule has 0 radical (unpaired) electrons. The van der Waals surface area contributed by atoms with Gasteiger partial charge in [0.25, 0.3) is 5.91 Å². The van der Waals surface area contributed by atoms with E-state index in [1.165, 1.54) is 0 Å². The van der Waals surface area contributed by atoms with E-state index < -0.39 is 10.0 Å². The predicted molar refractivity (Wildman–Crippen MR) is 101 cm³/mol. The molecule has 0 aliphatic carbocycles. The molecule has 0 unspecified atom stereocenters. The zero-order valence-electron chi connectivity index (χ0n) is 14.7. The van der Waals surface area contributed by atoms with E-state index in [0.29, 0.717) is 17.8 Å². The quantitative estimate of drug-likeness (QED) is 0.795. The topological polar surface area (TPSA) is 75.3 Å². The standard InChI is InChI=1S/C19H24N2O3S/c1-14(2)13-25(23,24)21-18-7-5-4-6-17(18)19(22)20-12-16-10-8-15(3)9-11-16/h4-11,14,21H,12-13H2,1-3H3,(H,20,22). The van der Waals surface area contributed by atoms with Crippen LogP contribution in [0.3, 0.4) is 0 Å². The molecule has 2 rings (SSSR count). The summed E-state index contributed by atoms with van der Waals surface area (Å²) in [6, 6.07) is 14.5. The molecule has 25 heavy (non-hydrogen) atoms. The lowest BCUT2D eigenvalue weighted by Gasteiger charge is -2.14. The van der Waals surface area contributed by atoms with Gasteiger partial charge in [0.15, 0.2) is 0 Å². The van der Waals surface area contributed by atoms with Crippen LogP contribution in [0.2, 0.25) is 0 Å². The number of sulfonamides is 1. The number of carbonyl (C=O) groups is 1. The van der Waals surface area contributed by atoms with Gasteiger partial charge in [-0.1, -0.05) is 55.8 Å². The van der Waals surface area contributed by atoms with E-state index in [4.69, 9.17) is 0 Å². The summed E-state index contributed by atoms with van der Waals surface area (Å²) in [6.07, 6.45) is 0. The zero-order valence-corrected chi connectivity index (χ0v) is 15.6. The van der Waals surface area contributed by atoms with Crippen molar-refractivity contribution in [3.8, 4) is 0 Å². The molecule has 0 bridgehead atoms. The second kappa shape index (κ2) is 8.16. The summed E-state index contributed by atoms with van der Waals surface area (Å²) in [5.41, 5.74) is 2.74. The number of benzene rings is 2. The van der Waals surface area contributed by atoms with Gasteiger partial charge in [0.05, 0.1) is 17.0 Å². The minimum absolute atomic E-state index is 0.0000242. The number of anilines is 1. The summed E-state index contributed by atoms with van der Waals surface area (Å²) < 4.78 is 26.8. The maximum Gasteiger partial charge on any atom is 0.253 e. The average molecular weight is 360 g/mol. The second-order valence-electron chi connectivity index (χ2n) is 6.49. The van der Waals surface area contributed by atoms with E-state index in [2.05, 4.69) is 10.0 Å². The van der Waals surface area contributed by atoms with Crippen LogP contribution in [0, 0.1) is 12.8 Å². The lowest BCUT2D eigenvalue weighted by atomic mass is 10.1. The minimum atomic E-state index is -3.49. The van der Waals surface area contributed by atoms with Crippen molar-refractivity contribution in [2.75, 3.05) is 10.5 Å². The van der Waals surface area contributed by atoms with Crippen molar-refractivity contribution in [3.05, 3.63) is 65.2 Å². The first-order valence-electron chi connectivity index (χ1n) is 8.20. The molecule has 1 amide bonds. The number of hydrogen-bond acceptors (Lipinski definition) is 3. The highest BCUT2D eigenvalue weighted by molar-refractivity contribution is 7.92. The first kappa shape index (κ1) is 19.0. The van der Waals surface area contributed by atoms with Gasteiger partial charge in [0, 0.05) is 6.54 Å². The lowest BCUT2D eigenvalue weighted by Crippen LogP contribution is -2.26. The Bertz CT molecular complexity index is 828. The van der Waals surface area contributed by atoms with Crippen molar-refractivity contribution in [2.24, 2.45) is 5.92 Å². The fourth-order valence-electron chi connectivity index (χ4n) is 2.40. The first-order valence-corrected chi connectivity index (χ1v) is 9.85. The molecule has 0 atom stereocenters. The van der Waals surface area contributed by atoms with Gasteiger partial charge in [-0.3, -0.25) is 9.52 Å². The van der Waals surface area contributed by atoms with E-state index >= 15 is 0 Å². The Kier molecular flexibility index (Phi) is 6.20. The zero-order chi connectivity index (χ0) is 18.4. The third-order valence-corrected chi connectivity index (χ3v) is 5.20. The van der Waals surface area contributed by atoms with Crippen LogP contribution in [0.4, 0.5) is 5.69 Å². The molecule has 0 heterocycles. The van der Waals surface area contributed by atoms with Crippen LogP contribution < -0.4 is 10.0 Å². The molecule has 5 nitrogen and oxygen atoms in total. The molecule has 0 aromatic heterocycles. The van der Waals surface area contributed by atoms with Gasteiger partial charge >= 0.3 is 0 Å². The van der Waals surface area contributed by atoms with Crippen molar-refractivity contribution in [1.29, 1.82) is 0 Å². The summed E-state index contributed by atoms with van der Waals surface area (Å²) in [4.78, 5) is 12.5. The Labute approximate surface area is 149 Å². The fraction of sp³-hybridized carbons (Fsp3) is 0.316. The molecule has 2 aromatic rings. The highest BCUT2D eigenvalue weighted by atomic mass is 32.2.